The molecule has 4 heterocycles. The zero-order valence-electron chi connectivity index (χ0n) is 22.1. The van der Waals surface area contributed by atoms with E-state index in [0.29, 0.717) is 35.5 Å². The number of hydrogen-bond donors (Lipinski definition) is 0. The lowest BCUT2D eigenvalue weighted by Crippen LogP contribution is -2.58. The number of hydrogen-bond acceptors (Lipinski definition) is 4. The highest BCUT2D eigenvalue weighted by Gasteiger charge is 2.46. The van der Waals surface area contributed by atoms with Crippen molar-refractivity contribution in [2.45, 2.75) is 116 Å². The summed E-state index contributed by atoms with van der Waals surface area (Å²) in [4.78, 5) is 32.1. The molecular weight excluding hydrogens is 420 g/mol. The molecule has 0 radical (unpaired) electrons. The maximum absolute atomic E-state index is 13.3. The van der Waals surface area contributed by atoms with Gasteiger partial charge in [0.2, 0.25) is 0 Å². The first kappa shape index (κ1) is 24.9. The molecule has 4 aliphatic heterocycles. The van der Waals surface area contributed by atoms with E-state index < -0.39 is 0 Å². The second-order valence-corrected chi connectivity index (χ2v) is 12.9. The van der Waals surface area contributed by atoms with Crippen molar-refractivity contribution < 1.29 is 9.59 Å². The molecule has 192 valence electrons. The second kappa shape index (κ2) is 11.1. The highest BCUT2D eigenvalue weighted by atomic mass is 16.1. The Morgan fingerprint density at radius 1 is 0.529 bits per heavy atom. The lowest BCUT2D eigenvalue weighted by atomic mass is 9.69. The van der Waals surface area contributed by atoms with E-state index in [1.165, 1.54) is 90.1 Å². The minimum Gasteiger partial charge on any atom is -0.299 e. The van der Waals surface area contributed by atoms with Gasteiger partial charge < -0.3 is 0 Å². The lowest BCUT2D eigenvalue weighted by molar-refractivity contribution is -0.138. The van der Waals surface area contributed by atoms with E-state index in [1.807, 2.05) is 0 Å². The molecule has 4 heteroatoms. The van der Waals surface area contributed by atoms with E-state index in [2.05, 4.69) is 23.6 Å². The lowest BCUT2D eigenvalue weighted by Gasteiger charge is -2.50. The minimum absolute atomic E-state index is 0.224. The van der Waals surface area contributed by atoms with Crippen LogP contribution in [-0.4, -0.2) is 59.6 Å². The summed E-state index contributed by atoms with van der Waals surface area (Å²) in [6, 6.07) is 1.03. The van der Waals surface area contributed by atoms with Crippen LogP contribution in [0.4, 0.5) is 0 Å². The van der Waals surface area contributed by atoms with Crippen molar-refractivity contribution in [2.75, 3.05) is 26.2 Å². The summed E-state index contributed by atoms with van der Waals surface area (Å²) in [6.45, 7) is 8.77. The van der Waals surface area contributed by atoms with E-state index in [0.717, 1.165) is 25.9 Å². The number of piperidine rings is 4. The Balaban J connectivity index is 1.31. The molecule has 0 bridgehead atoms. The summed E-state index contributed by atoms with van der Waals surface area (Å²) in [5.74, 6) is 3.59. The minimum atomic E-state index is 0.224. The van der Waals surface area contributed by atoms with Crippen LogP contribution < -0.4 is 0 Å². The fraction of sp³-hybridized carbons (Fsp3) is 0.933. The normalized spacial score (nSPS) is 43.7. The van der Waals surface area contributed by atoms with Gasteiger partial charge in [0.15, 0.2) is 0 Å². The highest BCUT2D eigenvalue weighted by molar-refractivity contribution is 5.85. The first-order chi connectivity index (χ1) is 16.5. The van der Waals surface area contributed by atoms with Gasteiger partial charge >= 0.3 is 0 Å². The Kier molecular flexibility index (Phi) is 8.15. The van der Waals surface area contributed by atoms with Crippen LogP contribution in [0.2, 0.25) is 0 Å². The van der Waals surface area contributed by atoms with Crippen molar-refractivity contribution in [3.05, 3.63) is 0 Å². The van der Waals surface area contributed by atoms with Crippen LogP contribution >= 0.6 is 0 Å². The van der Waals surface area contributed by atoms with Crippen molar-refractivity contribution in [2.24, 2.45) is 35.5 Å². The summed E-state index contributed by atoms with van der Waals surface area (Å²) in [5, 5.41) is 0. The number of Topliss-reactive ketones (excluding diaryl/α,β-unsaturated/α-hetero) is 2. The summed E-state index contributed by atoms with van der Waals surface area (Å²) in [5.41, 5.74) is 0. The largest absolute Gasteiger partial charge is 0.299 e. The SMILES string of the molecule is C[C@H]1CN2CCC[C@@H]3CCCCC[C@H]4C(=O)[C@@H](C)CN5CCC[C@H](CCCCC[C@@H](C1=O)[C@@H]32)[C@H]45. The molecular formula is C30H50N2O2. The quantitative estimate of drug-likeness (QED) is 0.453. The van der Waals surface area contributed by atoms with Crippen LogP contribution in [0.1, 0.15) is 104 Å². The molecule has 0 spiro atoms. The summed E-state index contributed by atoms with van der Waals surface area (Å²) >= 11 is 0. The van der Waals surface area contributed by atoms with Gasteiger partial charge in [-0.1, -0.05) is 52.4 Å². The van der Waals surface area contributed by atoms with Crippen LogP contribution in [0, 0.1) is 35.5 Å². The van der Waals surface area contributed by atoms with Crippen LogP contribution in [0.25, 0.3) is 0 Å². The van der Waals surface area contributed by atoms with Gasteiger partial charge in [-0.25, -0.2) is 0 Å². The molecule has 1 aliphatic carbocycles. The Morgan fingerprint density at radius 2 is 0.912 bits per heavy atom. The molecule has 0 aromatic heterocycles. The third-order valence-electron chi connectivity index (χ3n) is 10.6. The molecule has 0 amide bonds. The van der Waals surface area contributed by atoms with Gasteiger partial charge in [0.25, 0.3) is 0 Å². The van der Waals surface area contributed by atoms with Gasteiger partial charge in [0.1, 0.15) is 11.6 Å². The van der Waals surface area contributed by atoms with Gasteiger partial charge in [-0.3, -0.25) is 19.4 Å². The number of nitrogens with zero attached hydrogens (tertiary/aromatic N) is 2. The van der Waals surface area contributed by atoms with Crippen LogP contribution in [0.15, 0.2) is 0 Å². The Hall–Kier alpha value is -0.740. The van der Waals surface area contributed by atoms with E-state index in [1.54, 1.807) is 0 Å². The van der Waals surface area contributed by atoms with Crippen LogP contribution in [0.3, 0.4) is 0 Å². The Bertz CT molecular complexity index is 663. The van der Waals surface area contributed by atoms with Gasteiger partial charge in [-0.15, -0.1) is 0 Å². The third-order valence-corrected chi connectivity index (χ3v) is 10.6. The first-order valence-electron chi connectivity index (χ1n) is 15.1. The third kappa shape index (κ3) is 5.05. The molecule has 5 rings (SSSR count). The molecule has 0 aromatic rings. The fourth-order valence-corrected chi connectivity index (χ4v) is 9.04. The van der Waals surface area contributed by atoms with E-state index >= 15 is 0 Å². The number of ketones is 2. The molecule has 5 fully saturated rings. The Morgan fingerprint density at radius 3 is 1.35 bits per heavy atom. The molecule has 4 nitrogen and oxygen atoms in total. The molecule has 5 aliphatic rings. The van der Waals surface area contributed by atoms with Crippen molar-refractivity contribution in [3.8, 4) is 0 Å². The average Bonchev–Trinajstić information content (AvgIpc) is 2.82. The van der Waals surface area contributed by atoms with Crippen molar-refractivity contribution >= 4 is 11.6 Å². The average molecular weight is 471 g/mol. The van der Waals surface area contributed by atoms with Gasteiger partial charge in [-0.05, 0) is 76.3 Å². The predicted octanol–water partition coefficient (Wildman–Crippen LogP) is 5.73. The number of carbonyl (C=O) groups excluding carboxylic acids is 2. The molecule has 8 atom stereocenters. The zero-order valence-corrected chi connectivity index (χ0v) is 22.1. The molecule has 1 saturated carbocycles. The van der Waals surface area contributed by atoms with E-state index in [9.17, 15) is 9.59 Å². The first-order valence-corrected chi connectivity index (χ1v) is 15.1. The molecule has 0 aromatic carbocycles. The molecule has 4 saturated heterocycles. The number of carbonyl (C=O) groups is 2. The topological polar surface area (TPSA) is 40.6 Å². The van der Waals surface area contributed by atoms with E-state index in [-0.39, 0.29) is 23.7 Å². The standard InChI is InChI=1S/C30H50N2O2/c1-21-19-31-17-9-13-23-11-6-4-8-16-26-28-24(14-10-18-32(28)20-22(2)30(26)34)12-5-3-7-15-25(27(23)31)29(21)33/h21-28H,3-20H2,1-2H3/t21-,22-,23-,24-,25+,26+,27+,28+/m0/s1. The summed E-state index contributed by atoms with van der Waals surface area (Å²) in [7, 11) is 0. The maximum Gasteiger partial charge on any atom is 0.141 e. The molecule has 34 heavy (non-hydrogen) atoms. The van der Waals surface area contributed by atoms with Crippen molar-refractivity contribution in [1.82, 2.24) is 9.80 Å². The van der Waals surface area contributed by atoms with Crippen molar-refractivity contribution in [1.29, 1.82) is 0 Å². The van der Waals surface area contributed by atoms with Crippen LogP contribution in [0.5, 0.6) is 0 Å². The highest BCUT2D eigenvalue weighted by Crippen LogP contribution is 2.42. The van der Waals surface area contributed by atoms with Gasteiger partial charge in [0, 0.05) is 48.8 Å². The molecule has 0 N–H and O–H groups in total. The fourth-order valence-electron chi connectivity index (χ4n) is 9.04. The van der Waals surface area contributed by atoms with Gasteiger partial charge in [0.05, 0.1) is 0 Å². The predicted molar refractivity (Wildman–Crippen MR) is 138 cm³/mol. The zero-order chi connectivity index (χ0) is 23.7. The van der Waals surface area contributed by atoms with Gasteiger partial charge in [-0.2, -0.15) is 0 Å². The maximum atomic E-state index is 13.3. The smallest absolute Gasteiger partial charge is 0.141 e. The summed E-state index contributed by atoms with van der Waals surface area (Å²) in [6.07, 6.45) is 17.5. The molecule has 0 unspecified atom stereocenters. The van der Waals surface area contributed by atoms with E-state index in [4.69, 9.17) is 0 Å². The van der Waals surface area contributed by atoms with Crippen molar-refractivity contribution in [3.63, 3.8) is 0 Å². The Labute approximate surface area is 208 Å². The second-order valence-electron chi connectivity index (χ2n) is 12.9. The van der Waals surface area contributed by atoms with Crippen LogP contribution in [-0.2, 0) is 9.59 Å². The monoisotopic (exact) mass is 470 g/mol. The summed E-state index contributed by atoms with van der Waals surface area (Å²) < 4.78 is 0. The number of rotatable bonds is 0.